The first kappa shape index (κ1) is 21.1. The van der Waals surface area contributed by atoms with Crippen LogP contribution in [0.5, 0.6) is 0 Å². The number of aryl methyl sites for hydroxylation is 1. The Morgan fingerprint density at radius 2 is 2.07 bits per heavy atom. The number of hydrogen-bond acceptors (Lipinski definition) is 8. The molecule has 0 aliphatic carbocycles. The van der Waals surface area contributed by atoms with E-state index in [1.165, 1.54) is 12.3 Å². The van der Waals surface area contributed by atoms with Crippen LogP contribution in [0.2, 0.25) is 0 Å². The van der Waals surface area contributed by atoms with E-state index < -0.39 is 17.9 Å². The molecule has 3 aromatic rings. The minimum Gasteiger partial charge on any atom is -0.462 e. The van der Waals surface area contributed by atoms with E-state index in [4.69, 9.17) is 9.26 Å². The Bertz CT molecular complexity index is 1030. The molecule has 9 nitrogen and oxygen atoms in total. The van der Waals surface area contributed by atoms with Gasteiger partial charge in [0.1, 0.15) is 6.04 Å². The van der Waals surface area contributed by atoms with Crippen LogP contribution in [0.4, 0.5) is 0 Å². The Morgan fingerprint density at radius 3 is 2.73 bits per heavy atom. The number of amides is 1. The van der Waals surface area contributed by atoms with Crippen LogP contribution in [0.1, 0.15) is 59.1 Å². The van der Waals surface area contributed by atoms with E-state index in [9.17, 15) is 9.59 Å². The molecule has 0 aliphatic rings. The number of pyridine rings is 2. The van der Waals surface area contributed by atoms with Gasteiger partial charge in [-0.3, -0.25) is 14.8 Å². The molecule has 0 saturated carbocycles. The molecule has 156 valence electrons. The third-order valence-electron chi connectivity index (χ3n) is 4.42. The molecular weight excluding hydrogens is 386 g/mol. The fourth-order valence-electron chi connectivity index (χ4n) is 2.80. The Hall–Kier alpha value is -3.62. The van der Waals surface area contributed by atoms with Crippen LogP contribution < -0.4 is 5.32 Å². The molecule has 0 bridgehead atoms. The van der Waals surface area contributed by atoms with Crippen LogP contribution in [0.25, 0.3) is 11.4 Å². The highest BCUT2D eigenvalue weighted by Gasteiger charge is 2.26. The second-order valence-corrected chi connectivity index (χ2v) is 6.97. The van der Waals surface area contributed by atoms with Crippen molar-refractivity contribution < 1.29 is 18.8 Å². The molecule has 0 spiro atoms. The SMILES string of the molecule is CCOC(=O)c1cnc(C)c(C(=O)N[C@@H](c2nc(-c3cccnc3)no2)C(C)C)c1. The molecule has 0 aromatic carbocycles. The molecule has 0 radical (unpaired) electrons. The summed E-state index contributed by atoms with van der Waals surface area (Å²) in [7, 11) is 0. The number of aromatic nitrogens is 4. The van der Waals surface area contributed by atoms with Gasteiger partial charge in [-0.2, -0.15) is 4.98 Å². The molecule has 3 aromatic heterocycles. The highest BCUT2D eigenvalue weighted by atomic mass is 16.5. The number of nitrogens with zero attached hydrogens (tertiary/aromatic N) is 4. The van der Waals surface area contributed by atoms with E-state index in [-0.39, 0.29) is 29.5 Å². The fraction of sp³-hybridized carbons (Fsp3) is 0.333. The summed E-state index contributed by atoms with van der Waals surface area (Å²) in [5.41, 5.74) is 1.69. The maximum atomic E-state index is 13.0. The summed E-state index contributed by atoms with van der Waals surface area (Å²) >= 11 is 0. The Morgan fingerprint density at radius 1 is 1.27 bits per heavy atom. The maximum absolute atomic E-state index is 13.0. The van der Waals surface area contributed by atoms with E-state index in [0.29, 0.717) is 17.1 Å². The van der Waals surface area contributed by atoms with Crippen LogP contribution in [-0.2, 0) is 4.74 Å². The van der Waals surface area contributed by atoms with E-state index in [2.05, 4.69) is 25.4 Å². The molecule has 1 atom stereocenters. The monoisotopic (exact) mass is 409 g/mol. The fourth-order valence-corrected chi connectivity index (χ4v) is 2.80. The highest BCUT2D eigenvalue weighted by molar-refractivity contribution is 5.98. The number of carbonyl (C=O) groups is 2. The van der Waals surface area contributed by atoms with E-state index in [0.717, 1.165) is 0 Å². The van der Waals surface area contributed by atoms with Gasteiger partial charge in [0.2, 0.25) is 11.7 Å². The number of nitrogens with one attached hydrogen (secondary N) is 1. The first-order valence-electron chi connectivity index (χ1n) is 9.59. The van der Waals surface area contributed by atoms with Crippen molar-refractivity contribution in [3.63, 3.8) is 0 Å². The zero-order chi connectivity index (χ0) is 21.7. The lowest BCUT2D eigenvalue weighted by molar-refractivity contribution is 0.0526. The Labute approximate surface area is 173 Å². The summed E-state index contributed by atoms with van der Waals surface area (Å²) < 4.78 is 10.4. The Balaban J connectivity index is 1.84. The third kappa shape index (κ3) is 4.68. The van der Waals surface area contributed by atoms with Crippen LogP contribution in [0, 0.1) is 12.8 Å². The van der Waals surface area contributed by atoms with Crippen molar-refractivity contribution in [1.29, 1.82) is 0 Å². The van der Waals surface area contributed by atoms with Gasteiger partial charge in [0.05, 0.1) is 23.4 Å². The normalized spacial score (nSPS) is 11.9. The van der Waals surface area contributed by atoms with Gasteiger partial charge in [-0.1, -0.05) is 19.0 Å². The van der Waals surface area contributed by atoms with Crippen LogP contribution in [0.3, 0.4) is 0 Å². The minimum absolute atomic E-state index is 0.0300. The number of rotatable bonds is 7. The van der Waals surface area contributed by atoms with E-state index in [1.54, 1.807) is 32.3 Å². The largest absolute Gasteiger partial charge is 0.462 e. The van der Waals surface area contributed by atoms with E-state index in [1.807, 2.05) is 19.9 Å². The molecule has 3 rings (SSSR count). The summed E-state index contributed by atoms with van der Waals surface area (Å²) in [4.78, 5) is 37.6. The topological polar surface area (TPSA) is 120 Å². The van der Waals surface area contributed by atoms with E-state index >= 15 is 0 Å². The molecule has 3 heterocycles. The van der Waals surface area contributed by atoms with Crippen LogP contribution >= 0.6 is 0 Å². The summed E-state index contributed by atoms with van der Waals surface area (Å²) in [6.07, 6.45) is 4.68. The highest BCUT2D eigenvalue weighted by Crippen LogP contribution is 2.24. The van der Waals surface area contributed by atoms with Crippen molar-refractivity contribution in [1.82, 2.24) is 25.4 Å². The van der Waals surface area contributed by atoms with Gasteiger partial charge in [-0.05, 0) is 38.0 Å². The van der Waals surface area contributed by atoms with Gasteiger partial charge in [0, 0.05) is 24.2 Å². The molecule has 30 heavy (non-hydrogen) atoms. The zero-order valence-corrected chi connectivity index (χ0v) is 17.2. The molecule has 0 aliphatic heterocycles. The van der Waals surface area contributed by atoms with Gasteiger partial charge in [0.15, 0.2) is 0 Å². The summed E-state index contributed by atoms with van der Waals surface area (Å²) in [5, 5.41) is 6.90. The number of esters is 1. The van der Waals surface area contributed by atoms with Crippen molar-refractivity contribution in [2.45, 2.75) is 33.7 Å². The predicted octanol–water partition coefficient (Wildman–Crippen LogP) is 3.14. The predicted molar refractivity (Wildman–Crippen MR) is 108 cm³/mol. The lowest BCUT2D eigenvalue weighted by Gasteiger charge is -2.19. The van der Waals surface area contributed by atoms with Crippen molar-refractivity contribution in [3.05, 3.63) is 59.5 Å². The standard InChI is InChI=1S/C21H23N5O4/c1-5-29-21(28)15-9-16(13(4)23-11-15)19(27)24-17(12(2)3)20-25-18(26-30-20)14-7-6-8-22-10-14/h6-12,17H,5H2,1-4H3,(H,24,27)/t17-/m1/s1. The quantitative estimate of drug-likeness (QED) is 0.591. The smallest absolute Gasteiger partial charge is 0.339 e. The van der Waals surface area contributed by atoms with Gasteiger partial charge >= 0.3 is 5.97 Å². The zero-order valence-electron chi connectivity index (χ0n) is 17.2. The number of ether oxygens (including phenoxy) is 1. The molecule has 0 unspecified atom stereocenters. The van der Waals surface area contributed by atoms with Gasteiger partial charge < -0.3 is 14.6 Å². The Kier molecular flexibility index (Phi) is 6.51. The average molecular weight is 409 g/mol. The lowest BCUT2D eigenvalue weighted by atomic mass is 10.0. The molecule has 1 amide bonds. The third-order valence-corrected chi connectivity index (χ3v) is 4.42. The average Bonchev–Trinajstić information content (AvgIpc) is 3.22. The second kappa shape index (κ2) is 9.25. The van der Waals surface area contributed by atoms with Crippen molar-refractivity contribution in [3.8, 4) is 11.4 Å². The summed E-state index contributed by atoms with van der Waals surface area (Å²) in [5.74, 6) is -0.286. The van der Waals surface area contributed by atoms with Gasteiger partial charge in [0.25, 0.3) is 5.91 Å². The second-order valence-electron chi connectivity index (χ2n) is 6.97. The van der Waals surface area contributed by atoms with Gasteiger partial charge in [-0.15, -0.1) is 0 Å². The minimum atomic E-state index is -0.530. The first-order chi connectivity index (χ1) is 14.4. The van der Waals surface area contributed by atoms with Crippen molar-refractivity contribution in [2.75, 3.05) is 6.61 Å². The van der Waals surface area contributed by atoms with Crippen molar-refractivity contribution >= 4 is 11.9 Å². The van der Waals surface area contributed by atoms with Crippen molar-refractivity contribution in [2.24, 2.45) is 5.92 Å². The van der Waals surface area contributed by atoms with Gasteiger partial charge in [-0.25, -0.2) is 4.79 Å². The molecular formula is C21H23N5O4. The van der Waals surface area contributed by atoms with Crippen LogP contribution in [0.15, 0.2) is 41.3 Å². The van der Waals surface area contributed by atoms with Crippen LogP contribution in [-0.4, -0.2) is 38.6 Å². The molecule has 9 heteroatoms. The molecule has 0 fully saturated rings. The molecule has 0 saturated heterocycles. The lowest BCUT2D eigenvalue weighted by Crippen LogP contribution is -2.32. The first-order valence-corrected chi connectivity index (χ1v) is 9.59. The summed E-state index contributed by atoms with van der Waals surface area (Å²) in [6, 6.07) is 4.54. The molecule has 1 N–H and O–H groups in total. The number of carbonyl (C=O) groups excluding carboxylic acids is 2. The summed E-state index contributed by atoms with van der Waals surface area (Å²) in [6.45, 7) is 7.50. The maximum Gasteiger partial charge on any atom is 0.339 e. The number of hydrogen-bond donors (Lipinski definition) is 1.